The molecule has 0 unspecified atom stereocenters. The Balaban J connectivity index is 3.03. The minimum atomic E-state index is -0.266. The molecule has 0 saturated heterocycles. The van der Waals surface area contributed by atoms with Gasteiger partial charge in [-0.15, -0.1) is 0 Å². The van der Waals surface area contributed by atoms with Gasteiger partial charge in [-0.1, -0.05) is 53.7 Å². The number of rotatable bonds is 1. The maximum atomic E-state index is 13.4. The molecule has 0 heterocycles. The highest BCUT2D eigenvalue weighted by Gasteiger charge is 2.30. The third-order valence-electron chi connectivity index (χ3n) is 5.46. The average molecular weight is 353 g/mol. The standard InChI is InChI=1S/C24H32O2/c1-13-11-17(23(5,6)7)21(25)19(15(13)3)20-16(4)14(2)12-18(22(20)26)24(8,9)10/h11-12H,1-10H3. The smallest absolute Gasteiger partial charge is 0.190 e. The van der Waals surface area contributed by atoms with Crippen molar-refractivity contribution in [3.8, 4) is 22.6 Å². The van der Waals surface area contributed by atoms with Gasteiger partial charge in [-0.3, -0.25) is 10.2 Å². The summed E-state index contributed by atoms with van der Waals surface area (Å²) in [4.78, 5) is 0. The van der Waals surface area contributed by atoms with E-state index in [0.29, 0.717) is 11.1 Å². The minimum Gasteiger partial charge on any atom is -0.289 e. The molecule has 0 amide bonds. The molecule has 2 aromatic carbocycles. The molecule has 2 nitrogen and oxygen atoms in total. The summed E-state index contributed by atoms with van der Waals surface area (Å²) in [5.41, 5.74) is 6.13. The number of hydrogen-bond acceptors (Lipinski definition) is 0. The quantitative estimate of drug-likeness (QED) is 0.510. The van der Waals surface area contributed by atoms with Crippen molar-refractivity contribution in [3.63, 3.8) is 0 Å². The molecule has 0 aliphatic rings. The predicted octanol–water partition coefficient (Wildman–Crippen LogP) is 7.47. The van der Waals surface area contributed by atoms with E-state index in [2.05, 4.69) is 0 Å². The summed E-state index contributed by atoms with van der Waals surface area (Å²) in [5.74, 6) is -0.0162. The van der Waals surface area contributed by atoms with Crippen LogP contribution in [0, 0.1) is 27.7 Å². The molecule has 2 heteroatoms. The first kappa shape index (κ1) is 20.4. The third-order valence-corrected chi connectivity index (χ3v) is 5.46. The van der Waals surface area contributed by atoms with E-state index in [0.717, 1.165) is 33.4 Å². The van der Waals surface area contributed by atoms with Gasteiger partial charge in [-0.05, 0) is 60.8 Å². The Hall–Kier alpha value is -1.96. The van der Waals surface area contributed by atoms with Gasteiger partial charge in [0.1, 0.15) is 0 Å². The van der Waals surface area contributed by atoms with E-state index in [1.165, 1.54) is 0 Å². The van der Waals surface area contributed by atoms with Gasteiger partial charge in [0, 0.05) is 22.3 Å². The van der Waals surface area contributed by atoms with Crippen molar-refractivity contribution in [1.82, 2.24) is 0 Å². The van der Waals surface area contributed by atoms with Crippen LogP contribution in [0.3, 0.4) is 0 Å². The minimum absolute atomic E-state index is 0.00809. The summed E-state index contributed by atoms with van der Waals surface area (Å²) in [6.07, 6.45) is 0. The molecule has 0 N–H and O–H groups in total. The lowest BCUT2D eigenvalue weighted by atomic mass is 9.78. The second-order valence-corrected chi connectivity index (χ2v) is 9.64. The zero-order chi connectivity index (χ0) is 20.2. The molecule has 0 aromatic heterocycles. The fourth-order valence-corrected chi connectivity index (χ4v) is 3.50. The van der Waals surface area contributed by atoms with Crippen LogP contribution in [0.15, 0.2) is 12.1 Å². The van der Waals surface area contributed by atoms with Gasteiger partial charge in [-0.2, -0.15) is 0 Å². The molecule has 140 valence electrons. The predicted molar refractivity (Wildman–Crippen MR) is 108 cm³/mol. The van der Waals surface area contributed by atoms with Crippen molar-refractivity contribution in [2.45, 2.75) is 80.1 Å². The van der Waals surface area contributed by atoms with Crippen LogP contribution in [0.5, 0.6) is 11.5 Å². The van der Waals surface area contributed by atoms with Crippen LogP contribution in [0.1, 0.15) is 74.9 Å². The molecular weight excluding hydrogens is 320 g/mol. The van der Waals surface area contributed by atoms with Crippen LogP contribution in [0.4, 0.5) is 0 Å². The summed E-state index contributed by atoms with van der Waals surface area (Å²) in [6.45, 7) is 20.2. The van der Waals surface area contributed by atoms with Gasteiger partial charge >= 0.3 is 0 Å². The Kier molecular flexibility index (Phi) is 4.96. The van der Waals surface area contributed by atoms with Crippen molar-refractivity contribution >= 4 is 0 Å². The Morgan fingerprint density at radius 2 is 0.846 bits per heavy atom. The Morgan fingerprint density at radius 1 is 0.577 bits per heavy atom. The Bertz CT molecular complexity index is 786. The first-order valence-corrected chi connectivity index (χ1v) is 9.31. The fraction of sp³-hybridized carbons (Fsp3) is 0.500. The van der Waals surface area contributed by atoms with E-state index in [-0.39, 0.29) is 22.3 Å². The largest absolute Gasteiger partial charge is 0.289 e. The van der Waals surface area contributed by atoms with Gasteiger partial charge < -0.3 is 0 Å². The van der Waals surface area contributed by atoms with Gasteiger partial charge in [0.05, 0.1) is 0 Å². The van der Waals surface area contributed by atoms with E-state index in [4.69, 9.17) is 0 Å². The number of aryl methyl sites for hydroxylation is 2. The van der Waals surface area contributed by atoms with Crippen LogP contribution in [0.25, 0.3) is 11.1 Å². The second kappa shape index (κ2) is 6.33. The topological polar surface area (TPSA) is 39.8 Å². The maximum absolute atomic E-state index is 13.4. The number of hydrogen-bond donors (Lipinski definition) is 0. The van der Waals surface area contributed by atoms with E-state index >= 15 is 0 Å². The molecule has 0 fully saturated rings. The van der Waals surface area contributed by atoms with Gasteiger partial charge in [0.25, 0.3) is 0 Å². The van der Waals surface area contributed by atoms with Crippen LogP contribution in [0.2, 0.25) is 0 Å². The fourth-order valence-electron chi connectivity index (χ4n) is 3.50. The van der Waals surface area contributed by atoms with Crippen molar-refractivity contribution in [3.05, 3.63) is 45.5 Å². The summed E-state index contributed by atoms with van der Waals surface area (Å²) in [6, 6.07) is 3.98. The molecular formula is C24H32O2. The average Bonchev–Trinajstić information content (AvgIpc) is 2.47. The summed E-state index contributed by atoms with van der Waals surface area (Å²) in [7, 11) is 0. The Morgan fingerprint density at radius 3 is 1.08 bits per heavy atom. The molecule has 0 aliphatic heterocycles. The van der Waals surface area contributed by atoms with Crippen molar-refractivity contribution in [2.75, 3.05) is 0 Å². The van der Waals surface area contributed by atoms with E-state index in [1.54, 1.807) is 0 Å². The summed E-state index contributed by atoms with van der Waals surface area (Å²) >= 11 is 0. The first-order valence-electron chi connectivity index (χ1n) is 9.31. The molecule has 0 bridgehead atoms. The second-order valence-electron chi connectivity index (χ2n) is 9.64. The third kappa shape index (κ3) is 3.34. The van der Waals surface area contributed by atoms with Gasteiger partial charge in [0.2, 0.25) is 0 Å². The molecule has 2 aromatic rings. The molecule has 0 atom stereocenters. The highest BCUT2D eigenvalue weighted by atomic mass is 16.3. The van der Waals surface area contributed by atoms with Crippen molar-refractivity contribution in [2.24, 2.45) is 0 Å². The lowest BCUT2D eigenvalue weighted by Crippen LogP contribution is -2.14. The highest BCUT2D eigenvalue weighted by Crippen LogP contribution is 2.49. The zero-order valence-electron chi connectivity index (χ0n) is 18.0. The molecule has 2 radical (unpaired) electrons. The van der Waals surface area contributed by atoms with Crippen LogP contribution >= 0.6 is 0 Å². The SMILES string of the molecule is Cc1cc(C(C)(C)C)c([O])c(-c2c(C)c(C)cc(C(C)(C)C)c2[O])c1C. The first-order chi connectivity index (χ1) is 11.7. The Labute approximate surface area is 158 Å². The zero-order valence-corrected chi connectivity index (χ0v) is 18.0. The van der Waals surface area contributed by atoms with Gasteiger partial charge in [0.15, 0.2) is 11.5 Å². The summed E-state index contributed by atoms with van der Waals surface area (Å²) in [5, 5.41) is 26.9. The normalized spacial score (nSPS) is 12.5. The van der Waals surface area contributed by atoms with Crippen LogP contribution < -0.4 is 0 Å². The lowest BCUT2D eigenvalue weighted by molar-refractivity contribution is 0.335. The maximum Gasteiger partial charge on any atom is 0.190 e. The lowest BCUT2D eigenvalue weighted by Gasteiger charge is -2.26. The van der Waals surface area contributed by atoms with E-state index in [1.807, 2.05) is 81.4 Å². The highest BCUT2D eigenvalue weighted by molar-refractivity contribution is 5.85. The number of benzene rings is 2. The van der Waals surface area contributed by atoms with Crippen LogP contribution in [-0.2, 0) is 21.0 Å². The summed E-state index contributed by atoms with van der Waals surface area (Å²) < 4.78 is 0. The monoisotopic (exact) mass is 352 g/mol. The van der Waals surface area contributed by atoms with E-state index < -0.39 is 0 Å². The molecule has 0 saturated carbocycles. The van der Waals surface area contributed by atoms with Crippen molar-refractivity contribution in [1.29, 1.82) is 0 Å². The van der Waals surface area contributed by atoms with Gasteiger partial charge in [-0.25, -0.2) is 0 Å². The molecule has 26 heavy (non-hydrogen) atoms. The molecule has 2 rings (SSSR count). The van der Waals surface area contributed by atoms with Crippen LogP contribution in [-0.4, -0.2) is 0 Å². The van der Waals surface area contributed by atoms with E-state index in [9.17, 15) is 10.2 Å². The van der Waals surface area contributed by atoms with Crippen molar-refractivity contribution < 1.29 is 10.2 Å². The molecule has 0 aliphatic carbocycles. The molecule has 0 spiro atoms.